The Morgan fingerprint density at radius 2 is 2.05 bits per heavy atom. The Morgan fingerprint density at radius 3 is 2.63 bits per heavy atom. The van der Waals surface area contributed by atoms with Crippen LogP contribution >= 0.6 is 0 Å². The van der Waals surface area contributed by atoms with Crippen molar-refractivity contribution in [1.29, 1.82) is 0 Å². The predicted octanol–water partition coefficient (Wildman–Crippen LogP) is 2.36. The van der Waals surface area contributed by atoms with Crippen LogP contribution in [0.4, 0.5) is 11.6 Å². The van der Waals surface area contributed by atoms with E-state index in [0.717, 1.165) is 30.3 Å². The van der Waals surface area contributed by atoms with Gasteiger partial charge in [0.05, 0.1) is 5.60 Å². The van der Waals surface area contributed by atoms with Gasteiger partial charge in [0.2, 0.25) is 0 Å². The minimum Gasteiger partial charge on any atom is -0.388 e. The van der Waals surface area contributed by atoms with E-state index in [1.165, 1.54) is 12.8 Å². The van der Waals surface area contributed by atoms with E-state index in [1.807, 2.05) is 20.0 Å². The van der Waals surface area contributed by atoms with Crippen molar-refractivity contribution in [3.63, 3.8) is 0 Å². The van der Waals surface area contributed by atoms with Gasteiger partial charge in [0, 0.05) is 25.6 Å². The lowest BCUT2D eigenvalue weighted by molar-refractivity contribution is 0.0636. The van der Waals surface area contributed by atoms with Gasteiger partial charge in [-0.3, -0.25) is 0 Å². The summed E-state index contributed by atoms with van der Waals surface area (Å²) in [5.74, 6) is 3.04. The Morgan fingerprint density at radius 1 is 1.37 bits per heavy atom. The molecular weight excluding hydrogens is 240 g/mol. The number of aliphatic hydroxyl groups is 1. The Labute approximate surface area is 114 Å². The predicted molar refractivity (Wildman–Crippen MR) is 77.6 cm³/mol. The molecule has 1 aromatic heterocycles. The molecule has 1 aliphatic carbocycles. The maximum absolute atomic E-state index is 10.2. The van der Waals surface area contributed by atoms with Crippen LogP contribution in [0, 0.1) is 0 Å². The lowest BCUT2D eigenvalue weighted by atomic mass is 10.0. The summed E-state index contributed by atoms with van der Waals surface area (Å²) in [4.78, 5) is 9.00. The van der Waals surface area contributed by atoms with Crippen molar-refractivity contribution < 1.29 is 5.11 Å². The van der Waals surface area contributed by atoms with Crippen LogP contribution in [-0.4, -0.2) is 34.3 Å². The molecule has 1 aliphatic rings. The topological polar surface area (TPSA) is 70.1 Å². The fourth-order valence-electron chi connectivity index (χ4n) is 2.12. The fraction of sp³-hybridized carbons (Fsp3) is 0.714. The molecule has 3 N–H and O–H groups in total. The first-order chi connectivity index (χ1) is 9.04. The molecule has 106 valence electrons. The largest absolute Gasteiger partial charge is 0.388 e. The SMILES string of the molecule is CCCC(C)(O)CNc1cc(NC)nc(C2CC2)n1. The van der Waals surface area contributed by atoms with Crippen molar-refractivity contribution in [2.45, 2.75) is 51.0 Å². The van der Waals surface area contributed by atoms with Gasteiger partial charge in [0.1, 0.15) is 17.5 Å². The second kappa shape index (κ2) is 5.74. The van der Waals surface area contributed by atoms with Gasteiger partial charge in [-0.15, -0.1) is 0 Å². The van der Waals surface area contributed by atoms with E-state index < -0.39 is 5.60 Å². The summed E-state index contributed by atoms with van der Waals surface area (Å²) in [6.07, 6.45) is 4.10. The summed E-state index contributed by atoms with van der Waals surface area (Å²) >= 11 is 0. The van der Waals surface area contributed by atoms with Gasteiger partial charge in [-0.25, -0.2) is 9.97 Å². The number of nitrogens with zero attached hydrogens (tertiary/aromatic N) is 2. The molecule has 1 fully saturated rings. The maximum Gasteiger partial charge on any atom is 0.136 e. The van der Waals surface area contributed by atoms with E-state index in [1.54, 1.807) is 0 Å². The molecule has 0 radical (unpaired) electrons. The second-order valence-corrected chi connectivity index (χ2v) is 5.62. The van der Waals surface area contributed by atoms with Crippen molar-refractivity contribution in [2.75, 3.05) is 24.2 Å². The first kappa shape index (κ1) is 14.1. The molecule has 5 heteroatoms. The minimum absolute atomic E-state index is 0.505. The molecule has 0 aromatic carbocycles. The highest BCUT2D eigenvalue weighted by Crippen LogP contribution is 2.38. The molecule has 1 atom stereocenters. The highest BCUT2D eigenvalue weighted by Gasteiger charge is 2.27. The van der Waals surface area contributed by atoms with Gasteiger partial charge in [0.25, 0.3) is 0 Å². The molecular formula is C14H24N4O. The van der Waals surface area contributed by atoms with Crippen molar-refractivity contribution >= 4 is 11.6 Å². The van der Waals surface area contributed by atoms with Crippen LogP contribution in [0.1, 0.15) is 51.3 Å². The number of hydrogen-bond acceptors (Lipinski definition) is 5. The Bertz CT molecular complexity index is 429. The van der Waals surface area contributed by atoms with Crippen molar-refractivity contribution in [3.05, 3.63) is 11.9 Å². The molecule has 2 rings (SSSR count). The molecule has 19 heavy (non-hydrogen) atoms. The van der Waals surface area contributed by atoms with E-state index >= 15 is 0 Å². The van der Waals surface area contributed by atoms with Gasteiger partial charge in [-0.1, -0.05) is 13.3 Å². The fourth-order valence-corrected chi connectivity index (χ4v) is 2.12. The van der Waals surface area contributed by atoms with Crippen LogP contribution in [0.15, 0.2) is 6.07 Å². The van der Waals surface area contributed by atoms with Gasteiger partial charge in [-0.2, -0.15) is 0 Å². The molecule has 1 aromatic rings. The van der Waals surface area contributed by atoms with Crippen LogP contribution in [0.25, 0.3) is 0 Å². The number of rotatable bonds is 7. The Balaban J connectivity index is 2.04. The summed E-state index contributed by atoms with van der Waals surface area (Å²) in [5, 5.41) is 16.5. The average Bonchev–Trinajstić information content (AvgIpc) is 3.20. The highest BCUT2D eigenvalue weighted by atomic mass is 16.3. The quantitative estimate of drug-likeness (QED) is 0.705. The molecule has 0 amide bonds. The molecule has 0 aliphatic heterocycles. The number of nitrogens with one attached hydrogen (secondary N) is 2. The number of hydrogen-bond donors (Lipinski definition) is 3. The number of aromatic nitrogens is 2. The number of anilines is 2. The first-order valence-corrected chi connectivity index (χ1v) is 7.07. The van der Waals surface area contributed by atoms with Crippen molar-refractivity contribution in [2.24, 2.45) is 0 Å². The minimum atomic E-state index is -0.695. The summed E-state index contributed by atoms with van der Waals surface area (Å²) in [5.41, 5.74) is -0.695. The van der Waals surface area contributed by atoms with Gasteiger partial charge < -0.3 is 15.7 Å². The highest BCUT2D eigenvalue weighted by molar-refractivity contribution is 5.48. The van der Waals surface area contributed by atoms with Crippen molar-refractivity contribution in [1.82, 2.24) is 9.97 Å². The third-order valence-electron chi connectivity index (χ3n) is 3.38. The zero-order valence-corrected chi connectivity index (χ0v) is 12.0. The van der Waals surface area contributed by atoms with E-state index in [-0.39, 0.29) is 0 Å². The van der Waals surface area contributed by atoms with E-state index in [0.29, 0.717) is 12.5 Å². The summed E-state index contributed by atoms with van der Waals surface area (Å²) < 4.78 is 0. The average molecular weight is 264 g/mol. The molecule has 1 heterocycles. The van der Waals surface area contributed by atoms with Gasteiger partial charge >= 0.3 is 0 Å². The third kappa shape index (κ3) is 4.06. The Kier molecular flexibility index (Phi) is 4.24. The molecule has 0 saturated heterocycles. The first-order valence-electron chi connectivity index (χ1n) is 7.07. The molecule has 1 saturated carbocycles. The molecule has 1 unspecified atom stereocenters. The van der Waals surface area contributed by atoms with Gasteiger partial charge in [-0.05, 0) is 26.2 Å². The van der Waals surface area contributed by atoms with E-state index in [9.17, 15) is 5.11 Å². The molecule has 0 spiro atoms. The van der Waals surface area contributed by atoms with E-state index in [4.69, 9.17) is 0 Å². The monoisotopic (exact) mass is 264 g/mol. The van der Waals surface area contributed by atoms with E-state index in [2.05, 4.69) is 27.5 Å². The third-order valence-corrected chi connectivity index (χ3v) is 3.38. The Hall–Kier alpha value is -1.36. The second-order valence-electron chi connectivity index (χ2n) is 5.62. The summed E-state index contributed by atoms with van der Waals surface area (Å²) in [6.45, 7) is 4.43. The normalized spacial score (nSPS) is 17.9. The molecule has 5 nitrogen and oxygen atoms in total. The maximum atomic E-state index is 10.2. The van der Waals surface area contributed by atoms with Crippen LogP contribution in [-0.2, 0) is 0 Å². The zero-order chi connectivity index (χ0) is 13.9. The molecule has 0 bridgehead atoms. The smallest absolute Gasteiger partial charge is 0.136 e. The van der Waals surface area contributed by atoms with Crippen LogP contribution < -0.4 is 10.6 Å². The summed E-state index contributed by atoms with van der Waals surface area (Å²) in [6, 6.07) is 1.88. The zero-order valence-electron chi connectivity index (χ0n) is 12.0. The lowest BCUT2D eigenvalue weighted by Crippen LogP contribution is -2.33. The van der Waals surface area contributed by atoms with Crippen molar-refractivity contribution in [3.8, 4) is 0 Å². The standard InChI is InChI=1S/C14H24N4O/c1-4-7-14(2,19)9-16-12-8-11(15-3)17-13(18-12)10-5-6-10/h8,10,19H,4-7,9H2,1-3H3,(H2,15,16,17,18). The summed E-state index contributed by atoms with van der Waals surface area (Å²) in [7, 11) is 1.86. The van der Waals surface area contributed by atoms with Crippen LogP contribution in [0.3, 0.4) is 0 Å². The van der Waals surface area contributed by atoms with Crippen LogP contribution in [0.5, 0.6) is 0 Å². The van der Waals surface area contributed by atoms with Gasteiger partial charge in [0.15, 0.2) is 0 Å². The van der Waals surface area contributed by atoms with Crippen LogP contribution in [0.2, 0.25) is 0 Å². The lowest BCUT2D eigenvalue weighted by Gasteiger charge is -2.23.